The quantitative estimate of drug-likeness (QED) is 0.764. The molecule has 1 fully saturated rings. The predicted octanol–water partition coefficient (Wildman–Crippen LogP) is 0.532. The van der Waals surface area contributed by atoms with E-state index >= 15 is 0 Å². The molecular weight excluding hydrogens is 192 g/mol. The molecule has 82 valence electrons. The smallest absolute Gasteiger partial charge is 0.318 e. The molecule has 0 atom stereocenters. The number of likely N-dealkylation sites (N-methyl/N-ethyl adjacent to an activating group) is 1. The van der Waals surface area contributed by atoms with Crippen molar-refractivity contribution in [3.8, 4) is 6.01 Å². The highest BCUT2D eigenvalue weighted by atomic mass is 16.5. The van der Waals surface area contributed by atoms with Gasteiger partial charge in [0, 0.05) is 18.8 Å². The van der Waals surface area contributed by atoms with Gasteiger partial charge in [-0.3, -0.25) is 0 Å². The van der Waals surface area contributed by atoms with Crippen molar-refractivity contribution in [1.82, 2.24) is 14.9 Å². The van der Waals surface area contributed by atoms with Crippen molar-refractivity contribution in [1.29, 1.82) is 0 Å². The summed E-state index contributed by atoms with van der Waals surface area (Å²) < 4.78 is 5.39. The number of ether oxygens (including phenoxy) is 1. The second-order valence-electron chi connectivity index (χ2n) is 3.82. The van der Waals surface area contributed by atoms with Gasteiger partial charge in [-0.05, 0) is 26.0 Å². The van der Waals surface area contributed by atoms with Gasteiger partial charge in [-0.15, -0.1) is 0 Å². The third-order valence-corrected chi connectivity index (χ3v) is 2.50. The summed E-state index contributed by atoms with van der Waals surface area (Å²) in [7, 11) is 2.11. The lowest BCUT2D eigenvalue weighted by Crippen LogP contribution is -2.26. The number of rotatable bonds is 5. The molecular formula is C10H16N4O. The Morgan fingerprint density at radius 2 is 2.40 bits per heavy atom. The molecule has 0 spiro atoms. The lowest BCUT2D eigenvalue weighted by atomic mass is 10.5. The van der Waals surface area contributed by atoms with E-state index in [1.165, 1.54) is 12.8 Å². The zero-order valence-electron chi connectivity index (χ0n) is 8.89. The van der Waals surface area contributed by atoms with Crippen LogP contribution in [0.2, 0.25) is 0 Å². The molecule has 0 aliphatic heterocycles. The molecule has 0 saturated heterocycles. The summed E-state index contributed by atoms with van der Waals surface area (Å²) in [6.07, 6.45) is 4.22. The van der Waals surface area contributed by atoms with E-state index in [0.29, 0.717) is 18.4 Å². The van der Waals surface area contributed by atoms with Crippen LogP contribution in [0.5, 0.6) is 6.01 Å². The summed E-state index contributed by atoms with van der Waals surface area (Å²) in [6.45, 7) is 1.51. The molecule has 5 heteroatoms. The minimum atomic E-state index is 0.360. The molecule has 1 aliphatic carbocycles. The van der Waals surface area contributed by atoms with Crippen LogP contribution < -0.4 is 10.5 Å². The second-order valence-corrected chi connectivity index (χ2v) is 3.82. The minimum Gasteiger partial charge on any atom is -0.462 e. The molecule has 0 aromatic carbocycles. The van der Waals surface area contributed by atoms with Gasteiger partial charge in [0.15, 0.2) is 0 Å². The van der Waals surface area contributed by atoms with E-state index in [0.717, 1.165) is 12.6 Å². The van der Waals surface area contributed by atoms with E-state index in [4.69, 9.17) is 10.5 Å². The number of nitrogens with zero attached hydrogens (tertiary/aromatic N) is 3. The molecule has 1 aromatic rings. The SMILES string of the molecule is CN(CCOc1nccc(N)n1)C1CC1. The van der Waals surface area contributed by atoms with Gasteiger partial charge in [0.25, 0.3) is 0 Å². The second kappa shape index (κ2) is 4.44. The zero-order chi connectivity index (χ0) is 10.7. The standard InChI is InChI=1S/C10H16N4O/c1-14(8-2-3-8)6-7-15-10-12-5-4-9(11)13-10/h4-5,8H,2-3,6-7H2,1H3,(H2,11,12,13). The Balaban J connectivity index is 1.73. The molecule has 2 N–H and O–H groups in total. The molecule has 0 radical (unpaired) electrons. The molecule has 1 heterocycles. The maximum atomic E-state index is 5.51. The Kier molecular flexibility index (Phi) is 3.01. The van der Waals surface area contributed by atoms with E-state index in [2.05, 4.69) is 21.9 Å². The van der Waals surface area contributed by atoms with Crippen LogP contribution in [0.3, 0.4) is 0 Å². The Morgan fingerprint density at radius 3 is 3.07 bits per heavy atom. The van der Waals surface area contributed by atoms with Gasteiger partial charge < -0.3 is 15.4 Å². The maximum absolute atomic E-state index is 5.51. The van der Waals surface area contributed by atoms with E-state index in [1.807, 2.05) is 0 Å². The molecule has 1 saturated carbocycles. The topological polar surface area (TPSA) is 64.3 Å². The fraction of sp³-hybridized carbons (Fsp3) is 0.600. The van der Waals surface area contributed by atoms with E-state index in [1.54, 1.807) is 12.3 Å². The number of nitrogens with two attached hydrogens (primary N) is 1. The molecule has 0 bridgehead atoms. The summed E-state index contributed by atoms with van der Waals surface area (Å²) >= 11 is 0. The van der Waals surface area contributed by atoms with Gasteiger partial charge in [-0.25, -0.2) is 4.98 Å². The van der Waals surface area contributed by atoms with Crippen LogP contribution in [0, 0.1) is 0 Å². The Morgan fingerprint density at radius 1 is 1.60 bits per heavy atom. The summed E-state index contributed by atoms with van der Waals surface area (Å²) in [4.78, 5) is 10.2. The normalized spacial score (nSPS) is 15.6. The van der Waals surface area contributed by atoms with Crippen molar-refractivity contribution in [3.63, 3.8) is 0 Å². The molecule has 0 unspecified atom stereocenters. The largest absolute Gasteiger partial charge is 0.462 e. The van der Waals surface area contributed by atoms with Gasteiger partial charge in [0.2, 0.25) is 0 Å². The van der Waals surface area contributed by atoms with Crippen molar-refractivity contribution in [2.75, 3.05) is 25.9 Å². The summed E-state index contributed by atoms with van der Waals surface area (Å²) in [5.41, 5.74) is 5.51. The average molecular weight is 208 g/mol. The van der Waals surface area contributed by atoms with Crippen molar-refractivity contribution < 1.29 is 4.74 Å². The Bertz CT molecular complexity index is 327. The summed E-state index contributed by atoms with van der Waals surface area (Å²) in [5.74, 6) is 0.440. The van der Waals surface area contributed by atoms with Crippen LogP contribution in [0.15, 0.2) is 12.3 Å². The highest BCUT2D eigenvalue weighted by Crippen LogP contribution is 2.24. The van der Waals surface area contributed by atoms with E-state index in [9.17, 15) is 0 Å². The average Bonchev–Trinajstić information content (AvgIpc) is 3.00. The molecule has 1 aliphatic rings. The van der Waals surface area contributed by atoms with Gasteiger partial charge >= 0.3 is 6.01 Å². The number of nitrogen functional groups attached to an aromatic ring is 1. The van der Waals surface area contributed by atoms with Crippen molar-refractivity contribution in [2.24, 2.45) is 0 Å². The van der Waals surface area contributed by atoms with Crippen LogP contribution in [0.4, 0.5) is 5.82 Å². The lowest BCUT2D eigenvalue weighted by Gasteiger charge is -2.14. The number of aromatic nitrogens is 2. The van der Waals surface area contributed by atoms with E-state index < -0.39 is 0 Å². The fourth-order valence-corrected chi connectivity index (χ4v) is 1.40. The molecule has 15 heavy (non-hydrogen) atoms. The van der Waals surface area contributed by atoms with Crippen LogP contribution >= 0.6 is 0 Å². The number of anilines is 1. The molecule has 0 amide bonds. The first kappa shape index (κ1) is 10.2. The number of hydrogen-bond donors (Lipinski definition) is 1. The van der Waals surface area contributed by atoms with E-state index in [-0.39, 0.29) is 0 Å². The third-order valence-electron chi connectivity index (χ3n) is 2.50. The van der Waals surface area contributed by atoms with Crippen molar-refractivity contribution in [2.45, 2.75) is 18.9 Å². The van der Waals surface area contributed by atoms with Gasteiger partial charge in [-0.1, -0.05) is 0 Å². The summed E-state index contributed by atoms with van der Waals surface area (Å²) in [6, 6.07) is 2.76. The number of hydrogen-bond acceptors (Lipinski definition) is 5. The molecule has 1 aromatic heterocycles. The molecule has 5 nitrogen and oxygen atoms in total. The predicted molar refractivity (Wildman–Crippen MR) is 57.6 cm³/mol. The highest BCUT2D eigenvalue weighted by molar-refractivity contribution is 5.26. The highest BCUT2D eigenvalue weighted by Gasteiger charge is 2.25. The van der Waals surface area contributed by atoms with Gasteiger partial charge in [0.1, 0.15) is 12.4 Å². The lowest BCUT2D eigenvalue weighted by molar-refractivity contribution is 0.220. The van der Waals surface area contributed by atoms with Crippen molar-refractivity contribution >= 4 is 5.82 Å². The van der Waals surface area contributed by atoms with Crippen molar-refractivity contribution in [3.05, 3.63) is 12.3 Å². The summed E-state index contributed by atoms with van der Waals surface area (Å²) in [5, 5.41) is 0. The fourth-order valence-electron chi connectivity index (χ4n) is 1.40. The first-order valence-electron chi connectivity index (χ1n) is 5.17. The maximum Gasteiger partial charge on any atom is 0.318 e. The van der Waals surface area contributed by atoms with Gasteiger partial charge in [0.05, 0.1) is 0 Å². The van der Waals surface area contributed by atoms with Crippen LogP contribution in [0.1, 0.15) is 12.8 Å². The Hall–Kier alpha value is -1.36. The first-order chi connectivity index (χ1) is 7.25. The van der Waals surface area contributed by atoms with Crippen LogP contribution in [-0.2, 0) is 0 Å². The van der Waals surface area contributed by atoms with Crippen LogP contribution in [-0.4, -0.2) is 41.1 Å². The van der Waals surface area contributed by atoms with Crippen LogP contribution in [0.25, 0.3) is 0 Å². The third kappa shape index (κ3) is 3.06. The molecule has 2 rings (SSSR count). The zero-order valence-corrected chi connectivity index (χ0v) is 8.89. The van der Waals surface area contributed by atoms with Gasteiger partial charge in [-0.2, -0.15) is 4.98 Å². The monoisotopic (exact) mass is 208 g/mol. The minimum absolute atomic E-state index is 0.360. The first-order valence-corrected chi connectivity index (χ1v) is 5.17. The Labute approximate surface area is 89.3 Å².